The lowest BCUT2D eigenvalue weighted by atomic mass is 10.00. The molecule has 8 heteroatoms. The number of esters is 1. The van der Waals surface area contributed by atoms with Gasteiger partial charge in [0.05, 0.1) is 13.2 Å². The number of amides is 2. The van der Waals surface area contributed by atoms with Gasteiger partial charge in [-0.25, -0.2) is 9.59 Å². The molecule has 2 rings (SSSR count). The molecule has 0 heterocycles. The van der Waals surface area contributed by atoms with E-state index in [0.717, 1.165) is 24.8 Å². The molecule has 1 aliphatic carbocycles. The van der Waals surface area contributed by atoms with Crippen LogP contribution in [0.2, 0.25) is 0 Å². The monoisotopic (exact) mass is 434 g/mol. The highest BCUT2D eigenvalue weighted by atomic mass is 16.6. The molecule has 2 amide bonds. The maximum Gasteiger partial charge on any atom is 0.408 e. The molecule has 1 aromatic rings. The second-order valence-corrected chi connectivity index (χ2v) is 8.99. The minimum Gasteiger partial charge on any atom is -0.467 e. The molecule has 0 saturated heterocycles. The smallest absolute Gasteiger partial charge is 0.408 e. The summed E-state index contributed by atoms with van der Waals surface area (Å²) in [7, 11) is 1.18. The van der Waals surface area contributed by atoms with Crippen LogP contribution in [0.4, 0.5) is 4.79 Å². The van der Waals surface area contributed by atoms with E-state index in [2.05, 4.69) is 15.4 Å². The average molecular weight is 435 g/mol. The van der Waals surface area contributed by atoms with Crippen molar-refractivity contribution in [3.63, 3.8) is 0 Å². The Bertz CT molecular complexity index is 742. The Morgan fingerprint density at radius 3 is 2.32 bits per heavy atom. The topological polar surface area (TPSA) is 114 Å². The summed E-state index contributed by atoms with van der Waals surface area (Å²) in [6, 6.07) is 7.46. The maximum atomic E-state index is 13.0. The molecule has 0 aliphatic heterocycles. The molecule has 0 spiro atoms. The minimum atomic E-state index is -1.54. The number of alkyl carbamates (subject to hydrolysis) is 1. The van der Waals surface area contributed by atoms with Crippen LogP contribution in [0.1, 0.15) is 52.0 Å². The molecule has 31 heavy (non-hydrogen) atoms. The predicted octanol–water partition coefficient (Wildman–Crippen LogP) is 2.33. The van der Waals surface area contributed by atoms with E-state index >= 15 is 0 Å². The van der Waals surface area contributed by atoms with Crippen molar-refractivity contribution >= 4 is 18.0 Å². The summed E-state index contributed by atoms with van der Waals surface area (Å²) in [5.41, 5.74) is 0.142. The van der Waals surface area contributed by atoms with Crippen molar-refractivity contribution in [2.45, 2.75) is 76.7 Å². The van der Waals surface area contributed by atoms with E-state index in [1.54, 1.807) is 20.8 Å². The molecule has 2 unspecified atom stereocenters. The average Bonchev–Trinajstić information content (AvgIpc) is 3.53. The fraction of sp³-hybridized carbons (Fsp3) is 0.609. The van der Waals surface area contributed by atoms with Crippen molar-refractivity contribution in [2.75, 3.05) is 7.11 Å². The fourth-order valence-corrected chi connectivity index (χ4v) is 3.21. The summed E-state index contributed by atoms with van der Waals surface area (Å²) in [5.74, 6) is -0.747. The van der Waals surface area contributed by atoms with Gasteiger partial charge in [-0.3, -0.25) is 4.79 Å². The molecule has 1 fully saturated rings. The molecule has 8 nitrogen and oxygen atoms in total. The number of rotatable bonds is 10. The van der Waals surface area contributed by atoms with Gasteiger partial charge in [0.2, 0.25) is 5.91 Å². The lowest BCUT2D eigenvalue weighted by Crippen LogP contribution is -2.55. The molecule has 1 saturated carbocycles. The van der Waals surface area contributed by atoms with Gasteiger partial charge in [0.1, 0.15) is 11.6 Å². The van der Waals surface area contributed by atoms with E-state index in [1.165, 1.54) is 7.11 Å². The van der Waals surface area contributed by atoms with Crippen LogP contribution in [0.25, 0.3) is 0 Å². The molecule has 0 bridgehead atoms. The second-order valence-electron chi connectivity index (χ2n) is 8.99. The molecule has 0 aromatic heterocycles. The van der Waals surface area contributed by atoms with Crippen molar-refractivity contribution in [2.24, 2.45) is 5.92 Å². The van der Waals surface area contributed by atoms with Gasteiger partial charge >= 0.3 is 12.1 Å². The van der Waals surface area contributed by atoms with E-state index in [-0.39, 0.29) is 6.42 Å². The molecular weight excluding hydrogens is 400 g/mol. The maximum absolute atomic E-state index is 13.0. The third-order valence-electron chi connectivity index (χ3n) is 5.02. The molecule has 1 aromatic carbocycles. The largest absolute Gasteiger partial charge is 0.467 e. The summed E-state index contributed by atoms with van der Waals surface area (Å²) in [6.45, 7) is 5.23. The van der Waals surface area contributed by atoms with E-state index in [4.69, 9.17) is 4.74 Å². The van der Waals surface area contributed by atoms with E-state index in [9.17, 15) is 19.5 Å². The van der Waals surface area contributed by atoms with Gasteiger partial charge in [-0.1, -0.05) is 43.2 Å². The Morgan fingerprint density at radius 2 is 1.77 bits per heavy atom. The van der Waals surface area contributed by atoms with E-state index in [0.29, 0.717) is 12.3 Å². The number of benzene rings is 1. The van der Waals surface area contributed by atoms with Crippen molar-refractivity contribution in [1.82, 2.24) is 10.6 Å². The third-order valence-corrected chi connectivity index (χ3v) is 5.02. The van der Waals surface area contributed by atoms with Crippen LogP contribution in [-0.4, -0.2) is 54.0 Å². The third kappa shape index (κ3) is 8.96. The van der Waals surface area contributed by atoms with Gasteiger partial charge in [-0.05, 0) is 51.5 Å². The van der Waals surface area contributed by atoms with Gasteiger partial charge < -0.3 is 25.2 Å². The standard InChI is InChI=1S/C23H34N2O6/c1-23(2,3)31-22(29)25-17(13-12-15-10-11-15)20(27)24-18(19(26)21(28)30-4)14-16-8-6-5-7-9-16/h5-9,15,17-19,26H,10-14H2,1-4H3,(H,24,27)(H,25,29)/t17-,18?,19?/m0/s1. The summed E-state index contributed by atoms with van der Waals surface area (Å²) in [4.78, 5) is 37.3. The first-order valence-corrected chi connectivity index (χ1v) is 10.7. The number of ether oxygens (including phenoxy) is 2. The van der Waals surface area contributed by atoms with Crippen LogP contribution in [0.5, 0.6) is 0 Å². The van der Waals surface area contributed by atoms with Crippen molar-refractivity contribution in [3.8, 4) is 0 Å². The fourth-order valence-electron chi connectivity index (χ4n) is 3.21. The first kappa shape index (κ1) is 24.7. The Labute approximate surface area is 183 Å². The van der Waals surface area contributed by atoms with Crippen LogP contribution >= 0.6 is 0 Å². The SMILES string of the molecule is COC(=O)C(O)C(Cc1ccccc1)NC(=O)[C@H](CCC1CC1)NC(=O)OC(C)(C)C. The Morgan fingerprint density at radius 1 is 1.13 bits per heavy atom. The first-order chi connectivity index (χ1) is 14.6. The summed E-state index contributed by atoms with van der Waals surface area (Å²) < 4.78 is 9.94. The van der Waals surface area contributed by atoms with Crippen molar-refractivity contribution in [3.05, 3.63) is 35.9 Å². The second kappa shape index (κ2) is 11.1. The van der Waals surface area contributed by atoms with Crippen LogP contribution in [-0.2, 0) is 25.5 Å². The molecule has 0 radical (unpaired) electrons. The molecule has 3 atom stereocenters. The van der Waals surface area contributed by atoms with E-state index < -0.39 is 41.8 Å². The Balaban J connectivity index is 2.11. The lowest BCUT2D eigenvalue weighted by Gasteiger charge is -2.27. The number of carbonyl (C=O) groups excluding carboxylic acids is 3. The van der Waals surface area contributed by atoms with E-state index in [1.807, 2.05) is 30.3 Å². The van der Waals surface area contributed by atoms with Gasteiger partial charge in [-0.15, -0.1) is 0 Å². The van der Waals surface area contributed by atoms with Gasteiger partial charge in [0.25, 0.3) is 0 Å². The molecule has 3 N–H and O–H groups in total. The zero-order valence-corrected chi connectivity index (χ0v) is 18.7. The predicted molar refractivity (Wildman–Crippen MR) is 115 cm³/mol. The minimum absolute atomic E-state index is 0.227. The number of aliphatic hydroxyl groups is 1. The normalized spacial score (nSPS) is 16.5. The lowest BCUT2D eigenvalue weighted by molar-refractivity contribution is -0.152. The Kier molecular flexibility index (Phi) is 8.86. The highest BCUT2D eigenvalue weighted by molar-refractivity contribution is 5.86. The number of hydrogen-bond donors (Lipinski definition) is 3. The van der Waals surface area contributed by atoms with Crippen LogP contribution < -0.4 is 10.6 Å². The molecule has 172 valence electrons. The summed E-state index contributed by atoms with van der Waals surface area (Å²) >= 11 is 0. The zero-order valence-electron chi connectivity index (χ0n) is 18.7. The van der Waals surface area contributed by atoms with Gasteiger partial charge in [-0.2, -0.15) is 0 Å². The van der Waals surface area contributed by atoms with Crippen LogP contribution in [0, 0.1) is 5.92 Å². The number of carbonyl (C=O) groups is 3. The molecular formula is C23H34N2O6. The summed E-state index contributed by atoms with van der Waals surface area (Å²) in [5, 5.41) is 15.8. The number of hydrogen-bond acceptors (Lipinski definition) is 6. The highest BCUT2D eigenvalue weighted by Gasteiger charge is 2.33. The number of methoxy groups -OCH3 is 1. The van der Waals surface area contributed by atoms with Gasteiger partial charge in [0.15, 0.2) is 6.10 Å². The Hall–Kier alpha value is -2.61. The van der Waals surface area contributed by atoms with Crippen molar-refractivity contribution in [1.29, 1.82) is 0 Å². The van der Waals surface area contributed by atoms with Crippen molar-refractivity contribution < 1.29 is 29.0 Å². The number of nitrogens with one attached hydrogen (secondary N) is 2. The van der Waals surface area contributed by atoms with Crippen LogP contribution in [0.15, 0.2) is 30.3 Å². The quantitative estimate of drug-likeness (QED) is 0.487. The zero-order chi connectivity index (χ0) is 23.0. The summed E-state index contributed by atoms with van der Waals surface area (Å²) in [6.07, 6.45) is 1.50. The number of aliphatic hydroxyl groups excluding tert-OH is 1. The highest BCUT2D eigenvalue weighted by Crippen LogP contribution is 2.34. The van der Waals surface area contributed by atoms with Gasteiger partial charge in [0, 0.05) is 0 Å². The molecule has 1 aliphatic rings. The van der Waals surface area contributed by atoms with Crippen LogP contribution in [0.3, 0.4) is 0 Å². The first-order valence-electron chi connectivity index (χ1n) is 10.7.